The van der Waals surface area contributed by atoms with Crippen molar-refractivity contribution >= 4 is 12.1 Å². The van der Waals surface area contributed by atoms with Gasteiger partial charge in [0.2, 0.25) is 6.29 Å². The molecule has 0 saturated carbocycles. The molecule has 1 unspecified atom stereocenters. The molecule has 0 N–H and O–H groups in total. The van der Waals surface area contributed by atoms with Gasteiger partial charge in [0, 0.05) is 5.92 Å². The van der Waals surface area contributed by atoms with Crippen LogP contribution in [0.3, 0.4) is 0 Å². The zero-order valence-electron chi connectivity index (χ0n) is 7.93. The number of hydrogen-bond donors (Lipinski definition) is 0. The maximum atomic E-state index is 11.2. The van der Waals surface area contributed by atoms with Crippen LogP contribution in [0.15, 0.2) is 0 Å². The van der Waals surface area contributed by atoms with E-state index in [-0.39, 0.29) is 18.1 Å². The Morgan fingerprint density at radius 2 is 2.08 bits per heavy atom. The SMILES string of the molecule is CCCCC(CC)C(=O)C[C]=O. The van der Waals surface area contributed by atoms with Gasteiger partial charge < -0.3 is 0 Å². The second-order valence-electron chi connectivity index (χ2n) is 3.03. The van der Waals surface area contributed by atoms with Crippen molar-refractivity contribution in [3.8, 4) is 0 Å². The second-order valence-corrected chi connectivity index (χ2v) is 3.03. The quantitative estimate of drug-likeness (QED) is 0.548. The zero-order chi connectivity index (χ0) is 9.40. The number of Topliss-reactive ketones (excluding diaryl/α,β-unsaturated/α-hetero) is 1. The molecule has 0 aliphatic heterocycles. The van der Waals surface area contributed by atoms with Gasteiger partial charge in [-0.3, -0.25) is 9.59 Å². The van der Waals surface area contributed by atoms with Gasteiger partial charge in [-0.25, -0.2) is 0 Å². The van der Waals surface area contributed by atoms with Crippen molar-refractivity contribution in [2.24, 2.45) is 5.92 Å². The van der Waals surface area contributed by atoms with E-state index in [0.717, 1.165) is 25.7 Å². The molecule has 0 aromatic heterocycles. The Labute approximate surface area is 74.3 Å². The van der Waals surface area contributed by atoms with E-state index in [0.29, 0.717) is 0 Å². The van der Waals surface area contributed by atoms with Crippen molar-refractivity contribution in [3.63, 3.8) is 0 Å². The molecule has 0 aliphatic rings. The highest BCUT2D eigenvalue weighted by molar-refractivity contribution is 5.91. The van der Waals surface area contributed by atoms with Gasteiger partial charge in [-0.15, -0.1) is 0 Å². The maximum absolute atomic E-state index is 11.2. The summed E-state index contributed by atoms with van der Waals surface area (Å²) in [5.41, 5.74) is 0. The summed E-state index contributed by atoms with van der Waals surface area (Å²) in [6.45, 7) is 4.09. The number of rotatable bonds is 7. The van der Waals surface area contributed by atoms with Gasteiger partial charge in [0.05, 0.1) is 6.42 Å². The second kappa shape index (κ2) is 7.01. The van der Waals surface area contributed by atoms with Crippen LogP contribution in [0.25, 0.3) is 0 Å². The van der Waals surface area contributed by atoms with Crippen LogP contribution in [0, 0.1) is 5.92 Å². The molecule has 0 saturated heterocycles. The Balaban J connectivity index is 3.78. The third-order valence-electron chi connectivity index (χ3n) is 2.10. The van der Waals surface area contributed by atoms with Gasteiger partial charge in [0.1, 0.15) is 5.78 Å². The topological polar surface area (TPSA) is 34.1 Å². The standard InChI is InChI=1S/C10H17O2/c1-3-5-6-9(4-2)10(12)7-8-11/h9H,3-7H2,1-2H3. The average Bonchev–Trinajstić information content (AvgIpc) is 2.06. The lowest BCUT2D eigenvalue weighted by atomic mass is 9.93. The summed E-state index contributed by atoms with van der Waals surface area (Å²) in [7, 11) is 0. The van der Waals surface area contributed by atoms with Crippen molar-refractivity contribution in [2.75, 3.05) is 0 Å². The fraction of sp³-hybridized carbons (Fsp3) is 0.800. The number of unbranched alkanes of at least 4 members (excludes halogenated alkanes) is 1. The van der Waals surface area contributed by atoms with Crippen molar-refractivity contribution in [1.82, 2.24) is 0 Å². The van der Waals surface area contributed by atoms with Crippen LogP contribution in [0.4, 0.5) is 0 Å². The van der Waals surface area contributed by atoms with Crippen LogP contribution in [-0.2, 0) is 9.59 Å². The molecular formula is C10H17O2. The fourth-order valence-corrected chi connectivity index (χ4v) is 1.26. The highest BCUT2D eigenvalue weighted by atomic mass is 16.1. The molecule has 0 heterocycles. The van der Waals surface area contributed by atoms with E-state index in [1.54, 1.807) is 6.29 Å². The van der Waals surface area contributed by atoms with Crippen LogP contribution in [0.1, 0.15) is 46.0 Å². The van der Waals surface area contributed by atoms with E-state index in [4.69, 9.17) is 0 Å². The molecule has 0 bridgehead atoms. The Kier molecular flexibility index (Phi) is 6.63. The predicted octanol–water partition coefficient (Wildman–Crippen LogP) is 2.27. The largest absolute Gasteiger partial charge is 0.299 e. The minimum absolute atomic E-state index is 0.0256. The first-order valence-corrected chi connectivity index (χ1v) is 4.63. The number of ketones is 1. The molecule has 0 aromatic rings. The molecule has 0 spiro atoms. The Morgan fingerprint density at radius 1 is 1.42 bits per heavy atom. The summed E-state index contributed by atoms with van der Waals surface area (Å²) >= 11 is 0. The Bertz CT molecular complexity index is 141. The third kappa shape index (κ3) is 4.27. The third-order valence-corrected chi connectivity index (χ3v) is 2.10. The summed E-state index contributed by atoms with van der Waals surface area (Å²) in [6.07, 6.45) is 5.58. The Morgan fingerprint density at radius 3 is 2.50 bits per heavy atom. The van der Waals surface area contributed by atoms with E-state index < -0.39 is 0 Å². The monoisotopic (exact) mass is 169 g/mol. The van der Waals surface area contributed by atoms with E-state index in [1.807, 2.05) is 6.92 Å². The summed E-state index contributed by atoms with van der Waals surface area (Å²) in [4.78, 5) is 21.2. The lowest BCUT2D eigenvalue weighted by Crippen LogP contribution is -2.13. The van der Waals surface area contributed by atoms with Gasteiger partial charge in [-0.05, 0) is 12.8 Å². The molecule has 2 nitrogen and oxygen atoms in total. The van der Waals surface area contributed by atoms with Crippen LogP contribution in [0.2, 0.25) is 0 Å². The van der Waals surface area contributed by atoms with E-state index in [1.165, 1.54) is 0 Å². The number of carbonyl (C=O) groups is 1. The molecule has 0 aliphatic carbocycles. The summed E-state index contributed by atoms with van der Waals surface area (Å²) in [5, 5.41) is 0. The molecule has 0 aromatic carbocycles. The zero-order valence-corrected chi connectivity index (χ0v) is 7.93. The first-order chi connectivity index (χ1) is 5.76. The summed E-state index contributed by atoms with van der Waals surface area (Å²) in [5.74, 6) is 0.146. The van der Waals surface area contributed by atoms with Crippen LogP contribution in [0.5, 0.6) is 0 Å². The molecular weight excluding hydrogens is 152 g/mol. The molecule has 0 rings (SSSR count). The lowest BCUT2D eigenvalue weighted by Gasteiger charge is -2.10. The van der Waals surface area contributed by atoms with Gasteiger partial charge in [-0.1, -0.05) is 26.7 Å². The van der Waals surface area contributed by atoms with Gasteiger partial charge in [0.15, 0.2) is 0 Å². The highest BCUT2D eigenvalue weighted by Crippen LogP contribution is 2.14. The van der Waals surface area contributed by atoms with E-state index in [9.17, 15) is 9.59 Å². The normalized spacial score (nSPS) is 12.5. The minimum atomic E-state index is -0.0256. The smallest absolute Gasteiger partial charge is 0.206 e. The summed E-state index contributed by atoms with van der Waals surface area (Å²) < 4.78 is 0. The van der Waals surface area contributed by atoms with Crippen molar-refractivity contribution in [1.29, 1.82) is 0 Å². The van der Waals surface area contributed by atoms with Crippen molar-refractivity contribution in [3.05, 3.63) is 0 Å². The summed E-state index contributed by atoms with van der Waals surface area (Å²) in [6, 6.07) is 0. The molecule has 2 heteroatoms. The first-order valence-electron chi connectivity index (χ1n) is 4.63. The number of hydrogen-bond acceptors (Lipinski definition) is 2. The molecule has 0 amide bonds. The molecule has 12 heavy (non-hydrogen) atoms. The first kappa shape index (κ1) is 11.3. The predicted molar refractivity (Wildman–Crippen MR) is 48.6 cm³/mol. The molecule has 1 atom stereocenters. The maximum Gasteiger partial charge on any atom is 0.206 e. The lowest BCUT2D eigenvalue weighted by molar-refractivity contribution is -0.122. The van der Waals surface area contributed by atoms with Gasteiger partial charge in [0.25, 0.3) is 0 Å². The molecule has 1 radical (unpaired) electrons. The van der Waals surface area contributed by atoms with Crippen LogP contribution in [-0.4, -0.2) is 12.1 Å². The average molecular weight is 169 g/mol. The van der Waals surface area contributed by atoms with Gasteiger partial charge >= 0.3 is 0 Å². The van der Waals surface area contributed by atoms with E-state index >= 15 is 0 Å². The van der Waals surface area contributed by atoms with Crippen molar-refractivity contribution in [2.45, 2.75) is 46.0 Å². The van der Waals surface area contributed by atoms with E-state index in [2.05, 4.69) is 6.92 Å². The minimum Gasteiger partial charge on any atom is -0.299 e. The molecule has 0 fully saturated rings. The van der Waals surface area contributed by atoms with Gasteiger partial charge in [-0.2, -0.15) is 0 Å². The number of carbonyl (C=O) groups excluding carboxylic acids is 2. The Hall–Kier alpha value is -0.660. The fourth-order valence-electron chi connectivity index (χ4n) is 1.26. The van der Waals surface area contributed by atoms with Crippen molar-refractivity contribution < 1.29 is 9.59 Å². The molecule has 69 valence electrons. The van der Waals surface area contributed by atoms with Crippen LogP contribution < -0.4 is 0 Å². The van der Waals surface area contributed by atoms with Crippen LogP contribution >= 0.6 is 0 Å². The highest BCUT2D eigenvalue weighted by Gasteiger charge is 2.14.